The molecule has 24 heavy (non-hydrogen) atoms. The lowest BCUT2D eigenvalue weighted by Gasteiger charge is -2.24. The molecule has 9 nitrogen and oxygen atoms in total. The van der Waals surface area contributed by atoms with Crippen LogP contribution in [0.4, 0.5) is 0 Å². The number of aliphatic hydroxyl groups is 1. The molecule has 0 amide bonds. The van der Waals surface area contributed by atoms with Gasteiger partial charge in [0.15, 0.2) is 5.82 Å². The maximum atomic E-state index is 11.4. The lowest BCUT2D eigenvalue weighted by molar-refractivity contribution is 0.103. The molecule has 0 aliphatic heterocycles. The molecule has 0 radical (unpaired) electrons. The van der Waals surface area contributed by atoms with E-state index in [1.807, 2.05) is 0 Å². The first kappa shape index (κ1) is 16.1. The van der Waals surface area contributed by atoms with Crippen LogP contribution >= 0.6 is 11.6 Å². The standard InChI is InChI=1S/C14H13ClN6O3/c1-23-10-7-11(24-2)17-12(16-10)14(22,13-18-20-21-19-13)8-3-5-9(15)6-4-8/h3-7,22H,1-2H3,(H,18,19,20,21). The molecule has 0 fully saturated rings. The van der Waals surface area contributed by atoms with Gasteiger partial charge in [-0.05, 0) is 17.7 Å². The maximum absolute atomic E-state index is 11.4. The van der Waals surface area contributed by atoms with Gasteiger partial charge in [-0.3, -0.25) is 0 Å². The van der Waals surface area contributed by atoms with Crippen molar-refractivity contribution in [1.29, 1.82) is 0 Å². The van der Waals surface area contributed by atoms with Gasteiger partial charge in [0, 0.05) is 5.02 Å². The molecule has 1 atom stereocenters. The number of nitrogens with zero attached hydrogens (tertiary/aromatic N) is 5. The monoisotopic (exact) mass is 348 g/mol. The van der Waals surface area contributed by atoms with Gasteiger partial charge in [-0.15, -0.1) is 10.2 Å². The molecule has 2 heterocycles. The van der Waals surface area contributed by atoms with E-state index in [-0.39, 0.29) is 23.4 Å². The number of aromatic amines is 1. The van der Waals surface area contributed by atoms with E-state index in [0.29, 0.717) is 10.6 Å². The molecule has 0 bridgehead atoms. The summed E-state index contributed by atoms with van der Waals surface area (Å²) in [6, 6.07) is 7.97. The summed E-state index contributed by atoms with van der Waals surface area (Å²) in [4.78, 5) is 8.42. The van der Waals surface area contributed by atoms with Gasteiger partial charge >= 0.3 is 0 Å². The Bertz CT molecular complexity index is 805. The van der Waals surface area contributed by atoms with E-state index < -0.39 is 5.60 Å². The number of H-pyrrole nitrogens is 1. The summed E-state index contributed by atoms with van der Waals surface area (Å²) in [5.74, 6) is 0.378. The average Bonchev–Trinajstić information content (AvgIpc) is 3.16. The Morgan fingerprint density at radius 2 is 1.67 bits per heavy atom. The minimum atomic E-state index is -1.88. The molecule has 0 aliphatic rings. The molecule has 2 N–H and O–H groups in total. The van der Waals surface area contributed by atoms with Crippen LogP contribution in [0.2, 0.25) is 5.02 Å². The van der Waals surface area contributed by atoms with Crippen molar-refractivity contribution in [2.45, 2.75) is 5.60 Å². The summed E-state index contributed by atoms with van der Waals surface area (Å²) in [6.07, 6.45) is 0. The Balaban J connectivity index is 2.24. The van der Waals surface area contributed by atoms with Crippen molar-refractivity contribution in [3.05, 3.63) is 52.6 Å². The quantitative estimate of drug-likeness (QED) is 0.699. The molecule has 124 valence electrons. The zero-order valence-corrected chi connectivity index (χ0v) is 13.5. The summed E-state index contributed by atoms with van der Waals surface area (Å²) < 4.78 is 10.3. The fourth-order valence-corrected chi connectivity index (χ4v) is 2.27. The lowest BCUT2D eigenvalue weighted by Crippen LogP contribution is -2.33. The molecular formula is C14H13ClN6O3. The predicted molar refractivity (Wildman–Crippen MR) is 82.9 cm³/mol. The van der Waals surface area contributed by atoms with Crippen molar-refractivity contribution in [3.8, 4) is 11.8 Å². The van der Waals surface area contributed by atoms with E-state index in [2.05, 4.69) is 30.6 Å². The second-order valence-electron chi connectivity index (χ2n) is 4.73. The molecule has 10 heteroatoms. The van der Waals surface area contributed by atoms with Gasteiger partial charge in [0.05, 0.1) is 20.3 Å². The van der Waals surface area contributed by atoms with Crippen molar-refractivity contribution < 1.29 is 14.6 Å². The smallest absolute Gasteiger partial charge is 0.220 e. The predicted octanol–water partition coefficient (Wildman–Crippen LogP) is 0.944. The Kier molecular flexibility index (Phi) is 4.28. The Morgan fingerprint density at radius 1 is 1.04 bits per heavy atom. The van der Waals surface area contributed by atoms with Crippen LogP contribution in [-0.2, 0) is 5.60 Å². The molecule has 1 unspecified atom stereocenters. The average molecular weight is 349 g/mol. The zero-order valence-electron chi connectivity index (χ0n) is 12.8. The first-order valence-corrected chi connectivity index (χ1v) is 7.15. The number of methoxy groups -OCH3 is 2. The maximum Gasteiger partial charge on any atom is 0.220 e. The van der Waals surface area contributed by atoms with E-state index in [0.717, 1.165) is 0 Å². The van der Waals surface area contributed by atoms with Crippen LogP contribution in [0.1, 0.15) is 17.2 Å². The highest BCUT2D eigenvalue weighted by Gasteiger charge is 2.42. The second kappa shape index (κ2) is 6.38. The van der Waals surface area contributed by atoms with Gasteiger partial charge in [0.1, 0.15) is 0 Å². The van der Waals surface area contributed by atoms with Gasteiger partial charge < -0.3 is 14.6 Å². The topological polar surface area (TPSA) is 119 Å². The second-order valence-corrected chi connectivity index (χ2v) is 5.17. The number of halogens is 1. The first-order chi connectivity index (χ1) is 11.6. The van der Waals surface area contributed by atoms with Gasteiger partial charge in [0.25, 0.3) is 0 Å². The van der Waals surface area contributed by atoms with Crippen LogP contribution in [-0.4, -0.2) is 49.9 Å². The number of hydrogen-bond acceptors (Lipinski definition) is 8. The molecule has 0 spiro atoms. The molecule has 0 saturated carbocycles. The highest BCUT2D eigenvalue weighted by molar-refractivity contribution is 6.30. The Morgan fingerprint density at radius 3 is 2.17 bits per heavy atom. The summed E-state index contributed by atoms with van der Waals surface area (Å²) in [7, 11) is 2.89. The van der Waals surface area contributed by atoms with Crippen molar-refractivity contribution in [1.82, 2.24) is 30.6 Å². The molecule has 3 rings (SSSR count). The molecule has 0 aliphatic carbocycles. The number of benzene rings is 1. The van der Waals surface area contributed by atoms with Crippen molar-refractivity contribution in [2.24, 2.45) is 0 Å². The normalized spacial score (nSPS) is 13.3. The number of rotatable bonds is 5. The molecule has 0 saturated heterocycles. The highest BCUT2D eigenvalue weighted by Crippen LogP contribution is 2.34. The number of nitrogens with one attached hydrogen (secondary N) is 1. The minimum absolute atomic E-state index is 0.0255. The number of tetrazole rings is 1. The van der Waals surface area contributed by atoms with Crippen LogP contribution in [0.15, 0.2) is 30.3 Å². The van der Waals surface area contributed by atoms with Crippen LogP contribution in [0.5, 0.6) is 11.8 Å². The van der Waals surface area contributed by atoms with Crippen molar-refractivity contribution in [3.63, 3.8) is 0 Å². The number of aromatic nitrogens is 6. The summed E-state index contributed by atoms with van der Waals surface area (Å²) in [6.45, 7) is 0. The molecule has 1 aromatic carbocycles. The van der Waals surface area contributed by atoms with Gasteiger partial charge in [-0.1, -0.05) is 28.9 Å². The van der Waals surface area contributed by atoms with E-state index in [9.17, 15) is 5.11 Å². The minimum Gasteiger partial charge on any atom is -0.481 e. The lowest BCUT2D eigenvalue weighted by atomic mass is 9.92. The Labute approximate surface area is 141 Å². The van der Waals surface area contributed by atoms with Crippen LogP contribution in [0, 0.1) is 0 Å². The number of hydrogen-bond donors (Lipinski definition) is 2. The van der Waals surface area contributed by atoms with E-state index >= 15 is 0 Å². The number of ether oxygens (including phenoxy) is 2. The zero-order chi connectivity index (χ0) is 17.2. The Hall–Kier alpha value is -2.78. The highest BCUT2D eigenvalue weighted by atomic mass is 35.5. The van der Waals surface area contributed by atoms with Crippen molar-refractivity contribution in [2.75, 3.05) is 14.2 Å². The van der Waals surface area contributed by atoms with Gasteiger partial charge in [0.2, 0.25) is 23.2 Å². The van der Waals surface area contributed by atoms with E-state index in [4.69, 9.17) is 21.1 Å². The summed E-state index contributed by atoms with van der Waals surface area (Å²) in [5.41, 5.74) is -1.47. The van der Waals surface area contributed by atoms with Gasteiger partial charge in [-0.25, -0.2) is 0 Å². The van der Waals surface area contributed by atoms with Crippen LogP contribution < -0.4 is 9.47 Å². The third-order valence-electron chi connectivity index (χ3n) is 3.35. The summed E-state index contributed by atoms with van der Waals surface area (Å²) in [5, 5.41) is 25.5. The first-order valence-electron chi connectivity index (χ1n) is 6.77. The van der Waals surface area contributed by atoms with Gasteiger partial charge in [-0.2, -0.15) is 15.2 Å². The van der Waals surface area contributed by atoms with Crippen molar-refractivity contribution >= 4 is 11.6 Å². The van der Waals surface area contributed by atoms with Crippen LogP contribution in [0.25, 0.3) is 0 Å². The fourth-order valence-electron chi connectivity index (χ4n) is 2.14. The third-order valence-corrected chi connectivity index (χ3v) is 3.60. The van der Waals surface area contributed by atoms with E-state index in [1.165, 1.54) is 20.3 Å². The molecular weight excluding hydrogens is 336 g/mol. The third kappa shape index (κ3) is 2.74. The van der Waals surface area contributed by atoms with Crippen LogP contribution in [0.3, 0.4) is 0 Å². The summed E-state index contributed by atoms with van der Waals surface area (Å²) >= 11 is 5.93. The fraction of sp³-hybridized carbons (Fsp3) is 0.214. The molecule has 3 aromatic rings. The van der Waals surface area contributed by atoms with E-state index in [1.54, 1.807) is 24.3 Å². The SMILES string of the molecule is COc1cc(OC)nc(C(O)(c2ccc(Cl)cc2)c2nn[nH]n2)n1. The largest absolute Gasteiger partial charge is 0.481 e. The molecule has 2 aromatic heterocycles.